The van der Waals surface area contributed by atoms with E-state index in [1.807, 2.05) is 0 Å². The Kier molecular flexibility index (Phi) is 2.28. The van der Waals surface area contributed by atoms with Crippen LogP contribution in [-0.4, -0.2) is 30.0 Å². The molecule has 1 heterocycles. The van der Waals surface area contributed by atoms with Crippen molar-refractivity contribution >= 4 is 17.9 Å². The highest BCUT2D eigenvalue weighted by Crippen LogP contribution is 2.10. The predicted molar refractivity (Wildman–Crippen MR) is 33.0 cm³/mol. The van der Waals surface area contributed by atoms with Crippen LogP contribution in [0, 0.1) is 6.54 Å². The SMILES string of the molecule is FCCN1[C]C(Cl)N=[C]1. The van der Waals surface area contributed by atoms with Gasteiger partial charge in [0.05, 0.1) is 0 Å². The molecule has 1 atom stereocenters. The van der Waals surface area contributed by atoms with E-state index in [1.165, 1.54) is 4.90 Å². The third-order valence-electron chi connectivity index (χ3n) is 0.862. The Bertz CT molecular complexity index is 118. The lowest BCUT2D eigenvalue weighted by Gasteiger charge is -2.07. The van der Waals surface area contributed by atoms with Crippen molar-refractivity contribution in [2.45, 2.75) is 5.50 Å². The Morgan fingerprint density at radius 1 is 1.78 bits per heavy atom. The molecule has 1 aliphatic heterocycles. The molecule has 0 N–H and O–H groups in total. The van der Waals surface area contributed by atoms with Gasteiger partial charge in [-0.3, -0.25) is 0 Å². The molecule has 0 saturated heterocycles. The van der Waals surface area contributed by atoms with Gasteiger partial charge >= 0.3 is 0 Å². The van der Waals surface area contributed by atoms with Crippen molar-refractivity contribution in [3.8, 4) is 0 Å². The van der Waals surface area contributed by atoms with Gasteiger partial charge in [-0.15, -0.1) is 0 Å². The summed E-state index contributed by atoms with van der Waals surface area (Å²) >= 11 is 5.44. The first-order valence-electron chi connectivity index (χ1n) is 2.52. The molecule has 0 saturated carbocycles. The Labute approximate surface area is 58.3 Å². The molecule has 0 fully saturated rings. The van der Waals surface area contributed by atoms with Crippen LogP contribution in [0.15, 0.2) is 4.99 Å². The van der Waals surface area contributed by atoms with Crippen molar-refractivity contribution in [3.05, 3.63) is 6.54 Å². The molecule has 0 spiro atoms. The van der Waals surface area contributed by atoms with E-state index in [2.05, 4.69) is 17.9 Å². The van der Waals surface area contributed by atoms with Gasteiger partial charge in [0, 0.05) is 6.54 Å². The summed E-state index contributed by atoms with van der Waals surface area (Å²) in [5.41, 5.74) is -0.475. The highest BCUT2D eigenvalue weighted by molar-refractivity contribution is 6.22. The fourth-order valence-electron chi connectivity index (χ4n) is 0.506. The third kappa shape index (κ3) is 1.82. The van der Waals surface area contributed by atoms with E-state index >= 15 is 0 Å². The van der Waals surface area contributed by atoms with Crippen molar-refractivity contribution in [1.29, 1.82) is 0 Å². The molecule has 0 bridgehead atoms. The second-order valence-corrected chi connectivity index (χ2v) is 1.95. The molecular weight excluding hydrogens is 143 g/mol. The minimum atomic E-state index is -0.475. The van der Waals surface area contributed by atoms with Crippen LogP contribution in [-0.2, 0) is 0 Å². The minimum absolute atomic E-state index is 0.243. The molecule has 0 aromatic rings. The fourth-order valence-corrected chi connectivity index (χ4v) is 0.667. The summed E-state index contributed by atoms with van der Waals surface area (Å²) in [4.78, 5) is 4.99. The molecule has 1 unspecified atom stereocenters. The van der Waals surface area contributed by atoms with Gasteiger partial charge in [-0.2, -0.15) is 0 Å². The number of nitrogens with zero attached hydrogens (tertiary/aromatic N) is 2. The summed E-state index contributed by atoms with van der Waals surface area (Å²) in [5, 5.41) is 0. The molecule has 0 amide bonds. The normalized spacial score (nSPS) is 25.6. The molecule has 2 nitrogen and oxygen atoms in total. The Morgan fingerprint density at radius 3 is 3.00 bits per heavy atom. The lowest BCUT2D eigenvalue weighted by molar-refractivity contribution is 0.407. The summed E-state index contributed by atoms with van der Waals surface area (Å²) in [7, 11) is 0. The van der Waals surface area contributed by atoms with Gasteiger partial charge in [-0.05, 0) is 0 Å². The quantitative estimate of drug-likeness (QED) is 0.416. The van der Waals surface area contributed by atoms with Gasteiger partial charge in [0.25, 0.3) is 0 Å². The zero-order chi connectivity index (χ0) is 6.69. The molecular formula is C5H5ClFN2. The van der Waals surface area contributed by atoms with E-state index < -0.39 is 12.2 Å². The molecule has 1 aliphatic rings. The van der Waals surface area contributed by atoms with Gasteiger partial charge in [0.1, 0.15) is 13.2 Å². The number of rotatable bonds is 2. The van der Waals surface area contributed by atoms with Crippen LogP contribution in [0.2, 0.25) is 0 Å². The van der Waals surface area contributed by atoms with E-state index in [0.717, 1.165) is 0 Å². The Hall–Kier alpha value is -0.310. The maximum absolute atomic E-state index is 11.6. The first kappa shape index (κ1) is 6.81. The Morgan fingerprint density at radius 2 is 2.56 bits per heavy atom. The average Bonchev–Trinajstić information content (AvgIpc) is 2.17. The molecule has 3 radical (unpaired) electrons. The van der Waals surface area contributed by atoms with Crippen LogP contribution in [0.1, 0.15) is 0 Å². The van der Waals surface area contributed by atoms with Gasteiger partial charge in [0.15, 0.2) is 11.8 Å². The molecule has 49 valence electrons. The summed E-state index contributed by atoms with van der Waals surface area (Å²) in [5.74, 6) is 0. The zero-order valence-corrected chi connectivity index (χ0v) is 5.40. The molecule has 0 aromatic heterocycles. The second kappa shape index (κ2) is 3.01. The van der Waals surface area contributed by atoms with Crippen LogP contribution in [0.3, 0.4) is 0 Å². The number of alkyl halides is 2. The number of hydrogen-bond donors (Lipinski definition) is 0. The van der Waals surface area contributed by atoms with Crippen LogP contribution in [0.25, 0.3) is 0 Å². The van der Waals surface area contributed by atoms with Gasteiger partial charge < -0.3 is 4.90 Å². The maximum Gasteiger partial charge on any atom is 0.169 e. The topological polar surface area (TPSA) is 15.6 Å². The van der Waals surface area contributed by atoms with E-state index in [9.17, 15) is 4.39 Å². The average molecular weight is 148 g/mol. The fraction of sp³-hybridized carbons (Fsp3) is 0.600. The molecule has 9 heavy (non-hydrogen) atoms. The molecule has 0 aromatic carbocycles. The van der Waals surface area contributed by atoms with E-state index in [1.54, 1.807) is 0 Å². The summed E-state index contributed by atoms with van der Waals surface area (Å²) in [6.07, 6.45) is 2.48. The summed E-state index contributed by atoms with van der Waals surface area (Å²) < 4.78 is 11.6. The predicted octanol–water partition coefficient (Wildman–Crippen LogP) is 0.780. The first-order valence-corrected chi connectivity index (χ1v) is 2.96. The number of hydrogen-bond acceptors (Lipinski definition) is 2. The smallest absolute Gasteiger partial charge is 0.169 e. The van der Waals surface area contributed by atoms with Crippen molar-refractivity contribution in [2.24, 2.45) is 4.99 Å². The lowest BCUT2D eigenvalue weighted by Crippen LogP contribution is -2.18. The largest absolute Gasteiger partial charge is 0.337 e. The number of halogens is 2. The van der Waals surface area contributed by atoms with E-state index in [0.29, 0.717) is 0 Å². The first-order chi connectivity index (χ1) is 4.33. The standard InChI is InChI=1S/C5H5ClFN2/c6-5-3-9(2-1-7)4-8-5/h5H,1-2H2. The van der Waals surface area contributed by atoms with Crippen molar-refractivity contribution < 1.29 is 4.39 Å². The van der Waals surface area contributed by atoms with E-state index in [-0.39, 0.29) is 6.54 Å². The molecule has 4 heteroatoms. The lowest BCUT2D eigenvalue weighted by atomic mass is 10.5. The highest BCUT2D eigenvalue weighted by Gasteiger charge is 2.15. The van der Waals surface area contributed by atoms with Gasteiger partial charge in [-0.1, -0.05) is 11.6 Å². The Balaban J connectivity index is 2.24. The summed E-state index contributed by atoms with van der Waals surface area (Å²) in [6, 6.07) is 0. The van der Waals surface area contributed by atoms with Crippen molar-refractivity contribution in [1.82, 2.24) is 4.90 Å². The highest BCUT2D eigenvalue weighted by atomic mass is 35.5. The number of aliphatic imine (C=N–C) groups is 1. The minimum Gasteiger partial charge on any atom is -0.337 e. The molecule has 0 aliphatic carbocycles. The van der Waals surface area contributed by atoms with Crippen LogP contribution in [0.5, 0.6) is 0 Å². The van der Waals surface area contributed by atoms with Gasteiger partial charge in [0.2, 0.25) is 0 Å². The van der Waals surface area contributed by atoms with Crippen molar-refractivity contribution in [2.75, 3.05) is 13.2 Å². The van der Waals surface area contributed by atoms with Crippen LogP contribution in [0.4, 0.5) is 4.39 Å². The molecule has 1 rings (SSSR count). The van der Waals surface area contributed by atoms with Gasteiger partial charge in [-0.25, -0.2) is 9.38 Å². The third-order valence-corrected chi connectivity index (χ3v) is 1.06. The monoisotopic (exact) mass is 147 g/mol. The van der Waals surface area contributed by atoms with Crippen LogP contribution < -0.4 is 0 Å². The van der Waals surface area contributed by atoms with Crippen LogP contribution >= 0.6 is 11.6 Å². The maximum atomic E-state index is 11.6. The summed E-state index contributed by atoms with van der Waals surface area (Å²) in [6.45, 7) is 2.45. The zero-order valence-electron chi connectivity index (χ0n) is 4.64. The van der Waals surface area contributed by atoms with Crippen molar-refractivity contribution in [3.63, 3.8) is 0 Å². The van der Waals surface area contributed by atoms with E-state index in [4.69, 9.17) is 11.6 Å². The second-order valence-electron chi connectivity index (χ2n) is 1.53.